The summed E-state index contributed by atoms with van der Waals surface area (Å²) >= 11 is 0. The fourth-order valence-corrected chi connectivity index (χ4v) is 4.47. The van der Waals surface area contributed by atoms with Crippen LogP contribution in [0.2, 0.25) is 0 Å². The molecule has 1 aliphatic heterocycles. The fourth-order valence-electron chi connectivity index (χ4n) is 4.47. The first-order valence-corrected chi connectivity index (χ1v) is 11.9. The van der Waals surface area contributed by atoms with E-state index in [9.17, 15) is 14.0 Å². The van der Waals surface area contributed by atoms with Crippen molar-refractivity contribution in [2.75, 3.05) is 20.3 Å². The molecule has 2 atom stereocenters. The molecule has 0 radical (unpaired) electrons. The molecule has 0 aromatic heterocycles. The van der Waals surface area contributed by atoms with Crippen LogP contribution in [0.15, 0.2) is 84.9 Å². The highest BCUT2D eigenvalue weighted by molar-refractivity contribution is 5.91. The van der Waals surface area contributed by atoms with Gasteiger partial charge in [0.05, 0.1) is 19.1 Å². The van der Waals surface area contributed by atoms with Gasteiger partial charge in [-0.15, -0.1) is 0 Å². The molecule has 1 fully saturated rings. The van der Waals surface area contributed by atoms with Gasteiger partial charge in [0.15, 0.2) is 0 Å². The van der Waals surface area contributed by atoms with Gasteiger partial charge in [-0.25, -0.2) is 9.18 Å². The molecule has 5 nitrogen and oxygen atoms in total. The largest absolute Gasteiger partial charge is 0.467 e. The Balaban J connectivity index is 1.48. The zero-order chi connectivity index (χ0) is 25.3. The van der Waals surface area contributed by atoms with Gasteiger partial charge in [-0.3, -0.25) is 4.79 Å². The molecule has 1 saturated heterocycles. The summed E-state index contributed by atoms with van der Waals surface area (Å²) in [7, 11) is 1.33. The fraction of sp³-hybridized carbons (Fsp3) is 0.267. The van der Waals surface area contributed by atoms with Gasteiger partial charge in [0.1, 0.15) is 18.5 Å². The number of nitrogens with zero attached hydrogens (tertiary/aromatic N) is 1. The summed E-state index contributed by atoms with van der Waals surface area (Å²) in [5.41, 5.74) is 2.43. The summed E-state index contributed by atoms with van der Waals surface area (Å²) in [6.07, 6.45) is 0.660. The van der Waals surface area contributed by atoms with Crippen molar-refractivity contribution in [3.8, 4) is 11.8 Å². The molecule has 3 aromatic rings. The standard InChI is InChI=1S/C30H28FNO4/c1-35-30(34)27-21-26(36-20-8-9-22-14-16-25(31)17-15-22)18-19-32(27)29(33)28(23-10-4-2-5-11-23)24-12-6-3-7-13-24/h2-7,10-17,26-28H,18-21H2,1H3. The third-order valence-corrected chi connectivity index (χ3v) is 6.29. The van der Waals surface area contributed by atoms with Crippen LogP contribution in [0.3, 0.4) is 0 Å². The quantitative estimate of drug-likeness (QED) is 0.380. The van der Waals surface area contributed by atoms with Crippen molar-refractivity contribution in [1.29, 1.82) is 0 Å². The molecule has 3 aromatic carbocycles. The topological polar surface area (TPSA) is 55.8 Å². The first-order valence-electron chi connectivity index (χ1n) is 11.9. The number of halogens is 1. The molecule has 1 amide bonds. The summed E-state index contributed by atoms with van der Waals surface area (Å²) in [5.74, 6) is 4.42. The zero-order valence-corrected chi connectivity index (χ0v) is 20.1. The number of benzene rings is 3. The van der Waals surface area contributed by atoms with Gasteiger partial charge in [-0.2, -0.15) is 0 Å². The molecular weight excluding hydrogens is 457 g/mol. The van der Waals surface area contributed by atoms with Crippen molar-refractivity contribution in [1.82, 2.24) is 4.90 Å². The molecule has 0 spiro atoms. The Bertz CT molecular complexity index is 1180. The molecular formula is C30H28FNO4. The van der Waals surface area contributed by atoms with Crippen LogP contribution in [0.5, 0.6) is 0 Å². The highest BCUT2D eigenvalue weighted by Gasteiger charge is 2.40. The van der Waals surface area contributed by atoms with Gasteiger partial charge in [-0.1, -0.05) is 72.5 Å². The van der Waals surface area contributed by atoms with Crippen molar-refractivity contribution in [3.63, 3.8) is 0 Å². The molecule has 4 rings (SSSR count). The number of carbonyl (C=O) groups excluding carboxylic acids is 2. The van der Waals surface area contributed by atoms with Crippen LogP contribution < -0.4 is 0 Å². The second-order valence-corrected chi connectivity index (χ2v) is 8.59. The molecule has 0 bridgehead atoms. The van der Waals surface area contributed by atoms with E-state index in [1.54, 1.807) is 17.0 Å². The molecule has 1 aliphatic rings. The van der Waals surface area contributed by atoms with Gasteiger partial charge >= 0.3 is 5.97 Å². The minimum atomic E-state index is -0.749. The number of carbonyl (C=O) groups is 2. The molecule has 6 heteroatoms. The van der Waals surface area contributed by atoms with Crippen LogP contribution in [-0.2, 0) is 19.1 Å². The summed E-state index contributed by atoms with van der Waals surface area (Å²) < 4.78 is 24.0. The lowest BCUT2D eigenvalue weighted by atomic mass is 9.88. The average molecular weight is 486 g/mol. The average Bonchev–Trinajstić information content (AvgIpc) is 2.93. The van der Waals surface area contributed by atoms with Crippen LogP contribution in [0, 0.1) is 17.7 Å². The van der Waals surface area contributed by atoms with E-state index in [0.717, 1.165) is 11.1 Å². The highest BCUT2D eigenvalue weighted by Crippen LogP contribution is 2.31. The third-order valence-electron chi connectivity index (χ3n) is 6.29. The van der Waals surface area contributed by atoms with Crippen LogP contribution in [0.1, 0.15) is 35.4 Å². The Morgan fingerprint density at radius 2 is 1.58 bits per heavy atom. The summed E-state index contributed by atoms with van der Waals surface area (Å²) in [6, 6.07) is 24.3. The van der Waals surface area contributed by atoms with E-state index in [4.69, 9.17) is 9.47 Å². The van der Waals surface area contributed by atoms with Crippen molar-refractivity contribution in [2.24, 2.45) is 0 Å². The number of likely N-dealkylation sites (tertiary alicyclic amines) is 1. The second-order valence-electron chi connectivity index (χ2n) is 8.59. The summed E-state index contributed by atoms with van der Waals surface area (Å²) in [6.45, 7) is 0.533. The van der Waals surface area contributed by atoms with Crippen LogP contribution in [-0.4, -0.2) is 49.2 Å². The number of hydrogen-bond acceptors (Lipinski definition) is 4. The van der Waals surface area contributed by atoms with Crippen molar-refractivity contribution >= 4 is 11.9 Å². The zero-order valence-electron chi connectivity index (χ0n) is 20.1. The molecule has 36 heavy (non-hydrogen) atoms. The maximum absolute atomic E-state index is 13.9. The van der Waals surface area contributed by atoms with Crippen molar-refractivity contribution in [3.05, 3.63) is 107 Å². The predicted octanol–water partition coefficient (Wildman–Crippen LogP) is 4.56. The Morgan fingerprint density at radius 3 is 2.17 bits per heavy atom. The first kappa shape index (κ1) is 25.2. The summed E-state index contributed by atoms with van der Waals surface area (Å²) in [4.78, 5) is 28.3. The van der Waals surface area contributed by atoms with Crippen LogP contribution >= 0.6 is 0 Å². The van der Waals surface area contributed by atoms with Gasteiger partial charge in [0.2, 0.25) is 5.91 Å². The molecule has 2 unspecified atom stereocenters. The second kappa shape index (κ2) is 12.1. The van der Waals surface area contributed by atoms with E-state index in [-0.39, 0.29) is 24.4 Å². The van der Waals surface area contributed by atoms with E-state index in [1.165, 1.54) is 19.2 Å². The van der Waals surface area contributed by atoms with E-state index in [0.29, 0.717) is 24.9 Å². The van der Waals surface area contributed by atoms with Gasteiger partial charge in [0.25, 0.3) is 0 Å². The maximum Gasteiger partial charge on any atom is 0.328 e. The van der Waals surface area contributed by atoms with Crippen LogP contribution in [0.25, 0.3) is 0 Å². The Kier molecular flexibility index (Phi) is 8.48. The SMILES string of the molecule is COC(=O)C1CC(OCC#Cc2ccc(F)cc2)CCN1C(=O)C(c1ccccc1)c1ccccc1. The number of ether oxygens (including phenoxy) is 2. The number of hydrogen-bond donors (Lipinski definition) is 0. The minimum absolute atomic E-state index is 0.141. The monoisotopic (exact) mass is 485 g/mol. The smallest absolute Gasteiger partial charge is 0.328 e. The molecule has 1 heterocycles. The first-order chi connectivity index (χ1) is 17.6. The molecule has 0 N–H and O–H groups in total. The number of amides is 1. The van der Waals surface area contributed by atoms with Gasteiger partial charge < -0.3 is 14.4 Å². The molecule has 0 saturated carbocycles. The Morgan fingerprint density at radius 1 is 0.972 bits per heavy atom. The lowest BCUT2D eigenvalue weighted by Crippen LogP contribution is -2.53. The molecule has 184 valence electrons. The predicted molar refractivity (Wildman–Crippen MR) is 134 cm³/mol. The number of esters is 1. The normalized spacial score (nSPS) is 17.2. The summed E-state index contributed by atoms with van der Waals surface area (Å²) in [5, 5.41) is 0. The van der Waals surface area contributed by atoms with Crippen molar-refractivity contribution in [2.45, 2.75) is 30.9 Å². The van der Waals surface area contributed by atoms with E-state index < -0.39 is 17.9 Å². The number of methoxy groups -OCH3 is 1. The van der Waals surface area contributed by atoms with E-state index in [2.05, 4.69) is 11.8 Å². The Labute approximate surface area is 210 Å². The highest BCUT2D eigenvalue weighted by atomic mass is 19.1. The van der Waals surface area contributed by atoms with Crippen molar-refractivity contribution < 1.29 is 23.5 Å². The van der Waals surface area contributed by atoms with E-state index >= 15 is 0 Å². The lowest BCUT2D eigenvalue weighted by molar-refractivity contribution is -0.158. The maximum atomic E-state index is 13.9. The van der Waals surface area contributed by atoms with Gasteiger partial charge in [0, 0.05) is 18.5 Å². The number of piperidine rings is 1. The van der Waals surface area contributed by atoms with Gasteiger partial charge in [-0.05, 0) is 41.8 Å². The minimum Gasteiger partial charge on any atom is -0.467 e. The lowest BCUT2D eigenvalue weighted by Gasteiger charge is -2.39. The third kappa shape index (κ3) is 6.18. The van der Waals surface area contributed by atoms with Crippen LogP contribution in [0.4, 0.5) is 4.39 Å². The number of rotatable bonds is 6. The van der Waals surface area contributed by atoms with E-state index in [1.807, 2.05) is 60.7 Å². The Hall–Kier alpha value is -3.95. The molecule has 0 aliphatic carbocycles.